The van der Waals surface area contributed by atoms with Crippen molar-refractivity contribution >= 4 is 5.91 Å². The highest BCUT2D eigenvalue weighted by molar-refractivity contribution is 5.79. The minimum atomic E-state index is -0.163. The Bertz CT molecular complexity index is 1220. The quantitative estimate of drug-likeness (QED) is 0.359. The lowest BCUT2D eigenvalue weighted by molar-refractivity contribution is -0.136. The first kappa shape index (κ1) is 27.5. The number of halogens is 1. The molecule has 39 heavy (non-hydrogen) atoms. The first-order valence-corrected chi connectivity index (χ1v) is 14.9. The van der Waals surface area contributed by atoms with Gasteiger partial charge in [-0.1, -0.05) is 50.6 Å². The standard InChI is InChI=1S/C31H34FN3O.C3H8/c32-28-9-6-22(7-10-28)24-12-16-34(17-13-24)29-11-8-26(20-29)31(36)35-18-14-23-4-5-25(19-27(23)21-35)30-3-1-2-15-33-30;1-3-2/h1-7,9-10,15,19,24,26,29H,8,11-14,16-18,20-21H2;3H2,1-2H3/t26-,29?;/m0./s1. The number of hydrogen-bond donors (Lipinski definition) is 0. The molecule has 3 aromatic rings. The molecule has 5 heteroatoms. The fraction of sp³-hybridized carbons (Fsp3) is 0.471. The van der Waals surface area contributed by atoms with Crippen molar-refractivity contribution in [2.45, 2.75) is 77.3 Å². The SMILES string of the molecule is CCC.O=C([C@H]1CCC(N2CCC(c3ccc(F)cc3)CC2)C1)N1CCc2ccc(-c3ccccn3)cc2C1. The van der Waals surface area contributed by atoms with E-state index in [1.807, 2.05) is 36.5 Å². The second-order valence-electron chi connectivity index (χ2n) is 11.4. The summed E-state index contributed by atoms with van der Waals surface area (Å²) in [6.07, 6.45) is 9.33. The van der Waals surface area contributed by atoms with Crippen LogP contribution in [0.3, 0.4) is 0 Å². The number of nitrogens with zero attached hydrogens (tertiary/aromatic N) is 3. The normalized spacial score (nSPS) is 21.7. The molecule has 2 fully saturated rings. The van der Waals surface area contributed by atoms with E-state index in [1.54, 1.807) is 12.1 Å². The number of amides is 1. The van der Waals surface area contributed by atoms with Crippen LogP contribution < -0.4 is 0 Å². The molecule has 1 saturated heterocycles. The van der Waals surface area contributed by atoms with Gasteiger partial charge >= 0.3 is 0 Å². The molecule has 0 spiro atoms. The Kier molecular flexibility index (Phi) is 9.08. The number of carbonyl (C=O) groups excluding carboxylic acids is 1. The summed E-state index contributed by atoms with van der Waals surface area (Å²) < 4.78 is 13.3. The highest BCUT2D eigenvalue weighted by atomic mass is 19.1. The zero-order valence-electron chi connectivity index (χ0n) is 23.5. The maximum Gasteiger partial charge on any atom is 0.226 e. The van der Waals surface area contributed by atoms with E-state index in [0.29, 0.717) is 24.4 Å². The Balaban J connectivity index is 0.000000983. The smallest absolute Gasteiger partial charge is 0.226 e. The van der Waals surface area contributed by atoms with Crippen LogP contribution in [0.2, 0.25) is 0 Å². The molecule has 3 heterocycles. The maximum atomic E-state index is 13.5. The van der Waals surface area contributed by atoms with Gasteiger partial charge in [0.05, 0.1) is 5.69 Å². The lowest BCUT2D eigenvalue weighted by Crippen LogP contribution is -2.41. The van der Waals surface area contributed by atoms with Crippen molar-refractivity contribution in [2.24, 2.45) is 5.92 Å². The van der Waals surface area contributed by atoms with Gasteiger partial charge in [0.25, 0.3) is 0 Å². The van der Waals surface area contributed by atoms with Crippen molar-refractivity contribution in [3.05, 3.63) is 89.4 Å². The molecule has 206 valence electrons. The molecule has 1 aliphatic carbocycles. The first-order valence-electron chi connectivity index (χ1n) is 14.9. The Hall–Kier alpha value is -3.05. The Morgan fingerprint density at radius 1 is 0.923 bits per heavy atom. The van der Waals surface area contributed by atoms with Gasteiger partial charge in [-0.25, -0.2) is 4.39 Å². The summed E-state index contributed by atoms with van der Waals surface area (Å²) in [7, 11) is 0. The van der Waals surface area contributed by atoms with Crippen LogP contribution in [0.25, 0.3) is 11.3 Å². The number of benzene rings is 2. The van der Waals surface area contributed by atoms with E-state index in [4.69, 9.17) is 0 Å². The Morgan fingerprint density at radius 3 is 2.41 bits per heavy atom. The summed E-state index contributed by atoms with van der Waals surface area (Å²) in [5, 5.41) is 0. The van der Waals surface area contributed by atoms with Crippen LogP contribution in [0.4, 0.5) is 4.39 Å². The molecular weight excluding hydrogens is 485 g/mol. The zero-order chi connectivity index (χ0) is 27.2. The molecule has 0 radical (unpaired) electrons. The van der Waals surface area contributed by atoms with Gasteiger partial charge in [0.2, 0.25) is 5.91 Å². The molecule has 1 amide bonds. The molecule has 1 saturated carbocycles. The van der Waals surface area contributed by atoms with Crippen molar-refractivity contribution in [2.75, 3.05) is 19.6 Å². The number of fused-ring (bicyclic) bond motifs is 1. The van der Waals surface area contributed by atoms with Crippen molar-refractivity contribution in [3.8, 4) is 11.3 Å². The van der Waals surface area contributed by atoms with Gasteiger partial charge < -0.3 is 9.80 Å². The monoisotopic (exact) mass is 527 g/mol. The summed E-state index contributed by atoms with van der Waals surface area (Å²) in [6, 6.07) is 20.1. The number of pyridine rings is 1. The van der Waals surface area contributed by atoms with E-state index in [0.717, 1.165) is 69.4 Å². The lowest BCUT2D eigenvalue weighted by atomic mass is 9.88. The van der Waals surface area contributed by atoms with E-state index in [2.05, 4.69) is 46.8 Å². The van der Waals surface area contributed by atoms with Crippen LogP contribution in [0.15, 0.2) is 66.9 Å². The average molecular weight is 528 g/mol. The third kappa shape index (κ3) is 6.58. The number of carbonyl (C=O) groups is 1. The molecular formula is C34H42FN3O. The maximum absolute atomic E-state index is 13.5. The van der Waals surface area contributed by atoms with E-state index < -0.39 is 0 Å². The molecule has 2 atom stereocenters. The summed E-state index contributed by atoms with van der Waals surface area (Å²) >= 11 is 0. The Morgan fingerprint density at radius 2 is 1.69 bits per heavy atom. The summed E-state index contributed by atoms with van der Waals surface area (Å²) in [6.45, 7) is 7.92. The second kappa shape index (κ2) is 12.9. The van der Waals surface area contributed by atoms with Crippen LogP contribution in [-0.2, 0) is 17.8 Å². The summed E-state index contributed by atoms with van der Waals surface area (Å²) in [4.78, 5) is 22.7. The second-order valence-corrected chi connectivity index (χ2v) is 11.4. The van der Waals surface area contributed by atoms with Gasteiger partial charge in [0.1, 0.15) is 5.82 Å². The third-order valence-corrected chi connectivity index (χ3v) is 8.63. The van der Waals surface area contributed by atoms with Crippen LogP contribution in [-0.4, -0.2) is 46.4 Å². The molecule has 2 aromatic carbocycles. The van der Waals surface area contributed by atoms with E-state index in [1.165, 1.54) is 23.1 Å². The fourth-order valence-electron chi connectivity index (χ4n) is 6.54. The third-order valence-electron chi connectivity index (χ3n) is 8.63. The molecule has 1 aromatic heterocycles. The highest BCUT2D eigenvalue weighted by Crippen LogP contribution is 2.36. The molecule has 3 aliphatic rings. The predicted octanol–water partition coefficient (Wildman–Crippen LogP) is 7.24. The minimum Gasteiger partial charge on any atom is -0.338 e. The van der Waals surface area contributed by atoms with Gasteiger partial charge in [-0.05, 0) is 105 Å². The van der Waals surface area contributed by atoms with Gasteiger partial charge in [-0.15, -0.1) is 0 Å². The van der Waals surface area contributed by atoms with Crippen LogP contribution in [0.1, 0.15) is 75.0 Å². The van der Waals surface area contributed by atoms with E-state index >= 15 is 0 Å². The fourth-order valence-corrected chi connectivity index (χ4v) is 6.54. The molecule has 1 unspecified atom stereocenters. The molecule has 0 bridgehead atoms. The van der Waals surface area contributed by atoms with Crippen molar-refractivity contribution in [1.29, 1.82) is 0 Å². The molecule has 6 rings (SSSR count). The van der Waals surface area contributed by atoms with Gasteiger partial charge in [0.15, 0.2) is 0 Å². The van der Waals surface area contributed by atoms with E-state index in [-0.39, 0.29) is 11.7 Å². The molecule has 2 aliphatic heterocycles. The molecule has 0 N–H and O–H groups in total. The zero-order valence-corrected chi connectivity index (χ0v) is 23.5. The van der Waals surface area contributed by atoms with E-state index in [9.17, 15) is 9.18 Å². The number of likely N-dealkylation sites (tertiary alicyclic amines) is 1. The van der Waals surface area contributed by atoms with Crippen molar-refractivity contribution in [1.82, 2.24) is 14.8 Å². The van der Waals surface area contributed by atoms with Crippen LogP contribution in [0.5, 0.6) is 0 Å². The number of hydrogen-bond acceptors (Lipinski definition) is 3. The van der Waals surface area contributed by atoms with Crippen molar-refractivity contribution < 1.29 is 9.18 Å². The predicted molar refractivity (Wildman–Crippen MR) is 156 cm³/mol. The number of piperidine rings is 1. The first-order chi connectivity index (χ1) is 19.1. The largest absolute Gasteiger partial charge is 0.338 e. The minimum absolute atomic E-state index is 0.144. The van der Waals surface area contributed by atoms with Crippen LogP contribution >= 0.6 is 0 Å². The van der Waals surface area contributed by atoms with Gasteiger partial charge in [-0.2, -0.15) is 0 Å². The lowest BCUT2D eigenvalue weighted by Gasteiger charge is -2.36. The highest BCUT2D eigenvalue weighted by Gasteiger charge is 2.37. The number of aromatic nitrogens is 1. The summed E-state index contributed by atoms with van der Waals surface area (Å²) in [5.41, 5.74) is 5.97. The molecule has 4 nitrogen and oxygen atoms in total. The Labute approximate surface area is 233 Å². The van der Waals surface area contributed by atoms with Crippen LogP contribution in [0, 0.1) is 11.7 Å². The topological polar surface area (TPSA) is 36.4 Å². The van der Waals surface area contributed by atoms with Gasteiger partial charge in [-0.3, -0.25) is 9.78 Å². The van der Waals surface area contributed by atoms with Gasteiger partial charge in [0, 0.05) is 36.8 Å². The average Bonchev–Trinajstić information content (AvgIpc) is 3.48. The number of rotatable bonds is 4. The van der Waals surface area contributed by atoms with Crippen molar-refractivity contribution in [3.63, 3.8) is 0 Å². The summed E-state index contributed by atoms with van der Waals surface area (Å²) in [5.74, 6) is 0.840.